The second-order valence-corrected chi connectivity index (χ2v) is 7.04. The van der Waals surface area contributed by atoms with E-state index in [2.05, 4.69) is 27.9 Å². The molecule has 0 aliphatic heterocycles. The smallest absolute Gasteiger partial charge is 0.266 e. The summed E-state index contributed by atoms with van der Waals surface area (Å²) in [5.74, 6) is 0.779. The van der Waals surface area contributed by atoms with Crippen molar-refractivity contribution in [3.05, 3.63) is 56.7 Å². The van der Waals surface area contributed by atoms with Crippen molar-refractivity contribution in [1.82, 2.24) is 0 Å². The molecule has 0 unspecified atom stereocenters. The van der Waals surface area contributed by atoms with Gasteiger partial charge in [-0.2, -0.15) is 5.26 Å². The van der Waals surface area contributed by atoms with Gasteiger partial charge in [-0.3, -0.25) is 4.79 Å². The molecule has 0 fully saturated rings. The monoisotopic (exact) mass is 476 g/mol. The molecule has 2 aromatic rings. The average Bonchev–Trinajstić information content (AvgIpc) is 2.64. The molecule has 0 radical (unpaired) electrons. The molecular formula is C21H21IN2O3. The maximum Gasteiger partial charge on any atom is 0.266 e. The van der Waals surface area contributed by atoms with Crippen LogP contribution in [0.5, 0.6) is 11.5 Å². The molecule has 27 heavy (non-hydrogen) atoms. The van der Waals surface area contributed by atoms with Crippen molar-refractivity contribution in [2.45, 2.75) is 20.3 Å². The lowest BCUT2D eigenvalue weighted by molar-refractivity contribution is -0.112. The fourth-order valence-electron chi connectivity index (χ4n) is 2.40. The van der Waals surface area contributed by atoms with Gasteiger partial charge < -0.3 is 14.8 Å². The van der Waals surface area contributed by atoms with Gasteiger partial charge >= 0.3 is 0 Å². The van der Waals surface area contributed by atoms with Crippen molar-refractivity contribution in [2.75, 3.05) is 19.0 Å². The minimum atomic E-state index is -0.455. The molecule has 0 saturated carbocycles. The molecule has 2 aromatic carbocycles. The number of rotatable bonds is 7. The predicted octanol–water partition coefficient (Wildman–Crippen LogP) is 4.94. The third kappa shape index (κ3) is 5.73. The lowest BCUT2D eigenvalue weighted by Crippen LogP contribution is -2.13. The van der Waals surface area contributed by atoms with Crippen molar-refractivity contribution < 1.29 is 14.3 Å². The van der Waals surface area contributed by atoms with Crippen LogP contribution < -0.4 is 14.8 Å². The maximum absolute atomic E-state index is 12.4. The molecule has 0 aliphatic rings. The lowest BCUT2D eigenvalue weighted by Gasteiger charge is -2.13. The van der Waals surface area contributed by atoms with Crippen LogP contribution in [0.4, 0.5) is 5.69 Å². The number of halogens is 1. The number of hydrogen-bond acceptors (Lipinski definition) is 4. The molecule has 140 valence electrons. The Morgan fingerprint density at radius 3 is 2.74 bits per heavy atom. The van der Waals surface area contributed by atoms with Gasteiger partial charge in [-0.15, -0.1) is 0 Å². The Bertz CT molecular complexity index is 901. The number of carbonyl (C=O) groups is 1. The highest BCUT2D eigenvalue weighted by Gasteiger charge is 2.14. The van der Waals surface area contributed by atoms with Crippen LogP contribution >= 0.6 is 22.6 Å². The number of carbonyl (C=O) groups excluding carboxylic acids is 1. The number of methoxy groups -OCH3 is 1. The second kappa shape index (κ2) is 9.97. The highest BCUT2D eigenvalue weighted by Crippen LogP contribution is 2.34. The van der Waals surface area contributed by atoms with E-state index in [1.165, 1.54) is 0 Å². The summed E-state index contributed by atoms with van der Waals surface area (Å²) in [5.41, 5.74) is 2.38. The van der Waals surface area contributed by atoms with Gasteiger partial charge in [0.15, 0.2) is 11.5 Å². The zero-order valence-corrected chi connectivity index (χ0v) is 17.7. The van der Waals surface area contributed by atoms with Crippen LogP contribution in [0.2, 0.25) is 0 Å². The molecule has 0 bridgehead atoms. The summed E-state index contributed by atoms with van der Waals surface area (Å²) in [6, 6.07) is 13.0. The standard InChI is InChI=1S/C21H21IN2O3/c1-4-8-27-20-18(22)11-15(12-19(20)26-3)10-16(13-23)21(25)24-17-7-5-6-14(2)9-17/h5-7,9-12H,4,8H2,1-3H3,(H,24,25)/b16-10-. The van der Waals surface area contributed by atoms with Gasteiger partial charge in [0.1, 0.15) is 11.6 Å². The summed E-state index contributed by atoms with van der Waals surface area (Å²) in [6.45, 7) is 4.56. The van der Waals surface area contributed by atoms with E-state index in [0.717, 1.165) is 15.6 Å². The van der Waals surface area contributed by atoms with Gasteiger partial charge in [0.05, 0.1) is 17.3 Å². The van der Waals surface area contributed by atoms with Crippen LogP contribution in [0.1, 0.15) is 24.5 Å². The summed E-state index contributed by atoms with van der Waals surface area (Å²) in [4.78, 5) is 12.4. The highest BCUT2D eigenvalue weighted by molar-refractivity contribution is 14.1. The van der Waals surface area contributed by atoms with Gasteiger partial charge in [0.25, 0.3) is 5.91 Å². The van der Waals surface area contributed by atoms with Crippen molar-refractivity contribution in [2.24, 2.45) is 0 Å². The molecule has 0 heterocycles. The number of anilines is 1. The number of amides is 1. The maximum atomic E-state index is 12.4. The number of hydrogen-bond donors (Lipinski definition) is 1. The lowest BCUT2D eigenvalue weighted by atomic mass is 10.1. The fourth-order valence-corrected chi connectivity index (χ4v) is 3.18. The number of benzene rings is 2. The quantitative estimate of drug-likeness (QED) is 0.349. The largest absolute Gasteiger partial charge is 0.493 e. The summed E-state index contributed by atoms with van der Waals surface area (Å²) in [5, 5.41) is 12.2. The molecule has 0 saturated heterocycles. The molecule has 0 atom stereocenters. The number of nitrogens with zero attached hydrogens (tertiary/aromatic N) is 1. The molecular weight excluding hydrogens is 455 g/mol. The van der Waals surface area contributed by atoms with E-state index < -0.39 is 5.91 Å². The Morgan fingerprint density at radius 2 is 2.11 bits per heavy atom. The number of aryl methyl sites for hydroxylation is 1. The molecule has 1 amide bonds. The summed E-state index contributed by atoms with van der Waals surface area (Å²) in [6.07, 6.45) is 2.43. The van der Waals surface area contributed by atoms with Gasteiger partial charge in [0, 0.05) is 5.69 Å². The summed E-state index contributed by atoms with van der Waals surface area (Å²) < 4.78 is 12.0. The number of nitrogens with one attached hydrogen (secondary N) is 1. The molecule has 0 spiro atoms. The van der Waals surface area contributed by atoms with Gasteiger partial charge in [-0.1, -0.05) is 19.1 Å². The van der Waals surface area contributed by atoms with Crippen LogP contribution in [0, 0.1) is 21.8 Å². The van der Waals surface area contributed by atoms with Crippen molar-refractivity contribution in [3.8, 4) is 17.6 Å². The predicted molar refractivity (Wildman–Crippen MR) is 115 cm³/mol. The van der Waals surface area contributed by atoms with Gasteiger partial charge in [-0.25, -0.2) is 0 Å². The van der Waals surface area contributed by atoms with Crippen molar-refractivity contribution in [1.29, 1.82) is 5.26 Å². The third-order valence-corrected chi connectivity index (χ3v) is 4.46. The minimum Gasteiger partial charge on any atom is -0.493 e. The average molecular weight is 476 g/mol. The van der Waals surface area contributed by atoms with Crippen LogP contribution in [-0.2, 0) is 4.79 Å². The molecule has 0 aliphatic carbocycles. The second-order valence-electron chi connectivity index (χ2n) is 5.88. The van der Waals surface area contributed by atoms with E-state index in [1.54, 1.807) is 25.3 Å². The Hall–Kier alpha value is -2.53. The first-order chi connectivity index (χ1) is 13.0. The third-order valence-electron chi connectivity index (χ3n) is 3.65. The topological polar surface area (TPSA) is 71.3 Å². The SMILES string of the molecule is CCCOc1c(I)cc(/C=C(/C#N)C(=O)Nc2cccc(C)c2)cc1OC. The first kappa shape index (κ1) is 20.8. The van der Waals surface area contributed by atoms with Crippen LogP contribution in [0.3, 0.4) is 0 Å². The van der Waals surface area contributed by atoms with Crippen molar-refractivity contribution >= 4 is 40.3 Å². The molecule has 6 heteroatoms. The Labute approximate surface area is 173 Å². The first-order valence-corrected chi connectivity index (χ1v) is 9.56. The first-order valence-electron chi connectivity index (χ1n) is 8.48. The van der Waals surface area contributed by atoms with Crippen LogP contribution in [-0.4, -0.2) is 19.6 Å². The van der Waals surface area contributed by atoms with Gasteiger partial charge in [0.2, 0.25) is 0 Å². The normalized spacial score (nSPS) is 10.9. The van der Waals surface area contributed by atoms with Crippen LogP contribution in [0.15, 0.2) is 42.0 Å². The van der Waals surface area contributed by atoms with E-state index in [9.17, 15) is 10.1 Å². The zero-order valence-electron chi connectivity index (χ0n) is 15.5. The van der Waals surface area contributed by atoms with Gasteiger partial charge in [-0.05, 0) is 77.4 Å². The number of ether oxygens (including phenoxy) is 2. The molecule has 0 aromatic heterocycles. The minimum absolute atomic E-state index is 0.0107. The van der Waals surface area contributed by atoms with Crippen molar-refractivity contribution in [3.63, 3.8) is 0 Å². The molecule has 1 N–H and O–H groups in total. The molecule has 2 rings (SSSR count). The fraction of sp³-hybridized carbons (Fsp3) is 0.238. The Balaban J connectivity index is 2.30. The summed E-state index contributed by atoms with van der Waals surface area (Å²) in [7, 11) is 1.56. The van der Waals surface area contributed by atoms with E-state index in [-0.39, 0.29) is 5.57 Å². The van der Waals surface area contributed by atoms with Crippen LogP contribution in [0.25, 0.3) is 6.08 Å². The van der Waals surface area contributed by atoms with E-state index in [0.29, 0.717) is 29.4 Å². The Kier molecular flexibility index (Phi) is 7.67. The summed E-state index contributed by atoms with van der Waals surface area (Å²) >= 11 is 2.16. The van der Waals surface area contributed by atoms with E-state index in [4.69, 9.17) is 9.47 Å². The van der Waals surface area contributed by atoms with E-state index in [1.807, 2.05) is 44.2 Å². The zero-order chi connectivity index (χ0) is 19.8. The molecule has 5 nitrogen and oxygen atoms in total. The highest BCUT2D eigenvalue weighted by atomic mass is 127. The number of nitriles is 1. The van der Waals surface area contributed by atoms with E-state index >= 15 is 0 Å². The Morgan fingerprint density at radius 1 is 1.33 bits per heavy atom.